The zero-order valence-corrected chi connectivity index (χ0v) is 11.5. The first-order valence-corrected chi connectivity index (χ1v) is 7.37. The van der Waals surface area contributed by atoms with Gasteiger partial charge in [0.2, 0.25) is 5.91 Å². The minimum atomic E-state index is -0.0000852. The number of carbonyl (C=O) groups excluding carboxylic acids is 1. The average molecular weight is 280 g/mol. The topological polar surface area (TPSA) is 20.3 Å². The number of alkyl halides is 1. The lowest BCUT2D eigenvalue weighted by Gasteiger charge is -2.14. The largest absolute Gasteiger partial charge is 0.341 e. The van der Waals surface area contributed by atoms with Gasteiger partial charge in [-0.15, -0.1) is 22.9 Å². The van der Waals surface area contributed by atoms with Crippen molar-refractivity contribution in [3.05, 3.63) is 35.2 Å². The van der Waals surface area contributed by atoms with Gasteiger partial charge < -0.3 is 4.90 Å². The number of hydrogen-bond donors (Lipinski definition) is 0. The van der Waals surface area contributed by atoms with Crippen molar-refractivity contribution in [2.45, 2.75) is 18.2 Å². The van der Waals surface area contributed by atoms with Gasteiger partial charge in [0.15, 0.2) is 0 Å². The second-order valence-electron chi connectivity index (χ2n) is 4.64. The second-order valence-corrected chi connectivity index (χ2v) is 6.43. The van der Waals surface area contributed by atoms with Crippen molar-refractivity contribution in [2.24, 2.45) is 0 Å². The summed E-state index contributed by atoms with van der Waals surface area (Å²) in [4.78, 5) is 14.8. The Morgan fingerprint density at radius 1 is 1.39 bits per heavy atom. The third-order valence-corrected chi connectivity index (χ3v) is 4.74. The molecule has 18 heavy (non-hydrogen) atoms. The van der Waals surface area contributed by atoms with Crippen molar-refractivity contribution in [1.82, 2.24) is 4.90 Å². The molecule has 1 unspecified atom stereocenters. The Bertz CT molecular complexity index is 547. The van der Waals surface area contributed by atoms with Gasteiger partial charge in [-0.05, 0) is 23.9 Å². The smallest absolute Gasteiger partial charge is 0.224 e. The molecule has 2 nitrogen and oxygen atoms in total. The first-order valence-electron chi connectivity index (χ1n) is 6.11. The minimum absolute atomic E-state index is 0.0000852. The minimum Gasteiger partial charge on any atom is -0.341 e. The standard InChI is InChI=1S/C14H14ClNOS/c15-11-8-14(17)16(9-11)6-5-12-7-10-3-1-2-4-13(10)18-12/h1-4,7,11H,5-6,8-9H2. The highest BCUT2D eigenvalue weighted by Gasteiger charge is 2.27. The quantitative estimate of drug-likeness (QED) is 0.790. The van der Waals surface area contributed by atoms with Gasteiger partial charge >= 0.3 is 0 Å². The predicted octanol–water partition coefficient (Wildman–Crippen LogP) is 3.28. The number of nitrogens with zero attached hydrogens (tertiary/aromatic N) is 1. The van der Waals surface area contributed by atoms with Crippen LogP contribution in [-0.2, 0) is 11.2 Å². The van der Waals surface area contributed by atoms with Crippen LogP contribution in [0.4, 0.5) is 0 Å². The van der Waals surface area contributed by atoms with E-state index >= 15 is 0 Å². The lowest BCUT2D eigenvalue weighted by Crippen LogP contribution is -2.27. The lowest BCUT2D eigenvalue weighted by atomic mass is 10.2. The van der Waals surface area contributed by atoms with Gasteiger partial charge in [0, 0.05) is 29.1 Å². The number of likely N-dealkylation sites (tertiary alicyclic amines) is 1. The maximum Gasteiger partial charge on any atom is 0.224 e. The summed E-state index contributed by atoms with van der Waals surface area (Å²) in [7, 11) is 0. The molecule has 0 bridgehead atoms. The van der Waals surface area contributed by atoms with Crippen molar-refractivity contribution in [3.8, 4) is 0 Å². The highest BCUT2D eigenvalue weighted by atomic mass is 35.5. The maximum atomic E-state index is 11.6. The van der Waals surface area contributed by atoms with Gasteiger partial charge in [0.05, 0.1) is 5.38 Å². The van der Waals surface area contributed by atoms with Gasteiger partial charge in [-0.25, -0.2) is 0 Å². The van der Waals surface area contributed by atoms with E-state index < -0.39 is 0 Å². The SMILES string of the molecule is O=C1CC(Cl)CN1CCc1cc2ccccc2s1. The molecule has 1 saturated heterocycles. The molecule has 2 heterocycles. The summed E-state index contributed by atoms with van der Waals surface area (Å²) in [5.41, 5.74) is 0. The molecule has 0 N–H and O–H groups in total. The summed E-state index contributed by atoms with van der Waals surface area (Å²) in [6, 6.07) is 10.6. The van der Waals surface area contributed by atoms with Crippen molar-refractivity contribution in [3.63, 3.8) is 0 Å². The molecule has 2 aromatic rings. The van der Waals surface area contributed by atoms with Crippen LogP contribution in [-0.4, -0.2) is 29.3 Å². The Morgan fingerprint density at radius 3 is 2.94 bits per heavy atom. The number of benzene rings is 1. The average Bonchev–Trinajstić information content (AvgIpc) is 2.89. The number of hydrogen-bond acceptors (Lipinski definition) is 2. The molecular formula is C14H14ClNOS. The summed E-state index contributed by atoms with van der Waals surface area (Å²) in [6.45, 7) is 1.49. The van der Waals surface area contributed by atoms with Gasteiger partial charge in [0.1, 0.15) is 0 Å². The van der Waals surface area contributed by atoms with E-state index in [0.717, 1.165) is 13.0 Å². The van der Waals surface area contributed by atoms with Crippen LogP contribution in [0.2, 0.25) is 0 Å². The number of amides is 1. The summed E-state index contributed by atoms with van der Waals surface area (Å²) in [6.07, 6.45) is 1.42. The number of fused-ring (bicyclic) bond motifs is 1. The zero-order chi connectivity index (χ0) is 12.5. The highest BCUT2D eigenvalue weighted by Crippen LogP contribution is 2.26. The normalized spacial score (nSPS) is 19.9. The van der Waals surface area contributed by atoms with Crippen LogP contribution in [0.3, 0.4) is 0 Å². The molecule has 0 spiro atoms. The van der Waals surface area contributed by atoms with E-state index in [0.29, 0.717) is 13.0 Å². The van der Waals surface area contributed by atoms with E-state index in [-0.39, 0.29) is 11.3 Å². The Balaban J connectivity index is 1.68. The van der Waals surface area contributed by atoms with Gasteiger partial charge in [-0.2, -0.15) is 0 Å². The predicted molar refractivity (Wildman–Crippen MR) is 76.4 cm³/mol. The maximum absolute atomic E-state index is 11.6. The number of carbonyl (C=O) groups is 1. The Labute approximate surface area is 115 Å². The molecule has 3 rings (SSSR count). The van der Waals surface area contributed by atoms with Gasteiger partial charge in [-0.1, -0.05) is 18.2 Å². The fourth-order valence-corrected chi connectivity index (χ4v) is 3.70. The van der Waals surface area contributed by atoms with Crippen molar-refractivity contribution in [2.75, 3.05) is 13.1 Å². The fourth-order valence-electron chi connectivity index (χ4n) is 2.35. The first-order chi connectivity index (χ1) is 8.72. The summed E-state index contributed by atoms with van der Waals surface area (Å²) < 4.78 is 1.32. The second kappa shape index (κ2) is 4.90. The third-order valence-electron chi connectivity index (χ3n) is 3.27. The van der Waals surface area contributed by atoms with Crippen molar-refractivity contribution < 1.29 is 4.79 Å². The highest BCUT2D eigenvalue weighted by molar-refractivity contribution is 7.19. The van der Waals surface area contributed by atoms with Crippen LogP contribution in [0.5, 0.6) is 0 Å². The first kappa shape index (κ1) is 12.0. The molecule has 0 saturated carbocycles. The number of rotatable bonds is 3. The van der Waals surface area contributed by atoms with Crippen LogP contribution in [0.1, 0.15) is 11.3 Å². The number of thiophene rings is 1. The molecule has 1 aliphatic heterocycles. The van der Waals surface area contributed by atoms with E-state index in [1.807, 2.05) is 16.2 Å². The Kier molecular flexibility index (Phi) is 3.27. The Morgan fingerprint density at radius 2 is 2.22 bits per heavy atom. The van der Waals surface area contributed by atoms with E-state index in [1.165, 1.54) is 15.0 Å². The van der Waals surface area contributed by atoms with E-state index in [1.54, 1.807) is 0 Å². The molecule has 0 radical (unpaired) electrons. The summed E-state index contributed by atoms with van der Waals surface area (Å²) in [5, 5.41) is 1.29. The molecule has 1 aliphatic rings. The Hall–Kier alpha value is -1.06. The molecule has 1 amide bonds. The molecule has 0 aliphatic carbocycles. The third kappa shape index (κ3) is 2.38. The van der Waals surface area contributed by atoms with Crippen LogP contribution >= 0.6 is 22.9 Å². The summed E-state index contributed by atoms with van der Waals surface area (Å²) in [5.74, 6) is 0.191. The van der Waals surface area contributed by atoms with E-state index in [9.17, 15) is 4.79 Å². The zero-order valence-electron chi connectivity index (χ0n) is 9.93. The van der Waals surface area contributed by atoms with Gasteiger partial charge in [0.25, 0.3) is 0 Å². The lowest BCUT2D eigenvalue weighted by molar-refractivity contribution is -0.127. The van der Waals surface area contributed by atoms with Crippen LogP contribution in [0.25, 0.3) is 10.1 Å². The molecule has 1 aromatic carbocycles. The molecule has 1 fully saturated rings. The fraction of sp³-hybridized carbons (Fsp3) is 0.357. The van der Waals surface area contributed by atoms with Gasteiger partial charge in [-0.3, -0.25) is 4.79 Å². The van der Waals surface area contributed by atoms with Crippen molar-refractivity contribution in [1.29, 1.82) is 0 Å². The van der Waals surface area contributed by atoms with E-state index in [4.69, 9.17) is 11.6 Å². The summed E-state index contributed by atoms with van der Waals surface area (Å²) >= 11 is 7.80. The molecule has 1 atom stereocenters. The van der Waals surface area contributed by atoms with E-state index in [2.05, 4.69) is 30.3 Å². The van der Waals surface area contributed by atoms with Crippen molar-refractivity contribution >= 4 is 38.9 Å². The van der Waals surface area contributed by atoms with Crippen LogP contribution < -0.4 is 0 Å². The molecule has 94 valence electrons. The van der Waals surface area contributed by atoms with Crippen LogP contribution in [0, 0.1) is 0 Å². The molecule has 1 aromatic heterocycles. The molecular weight excluding hydrogens is 266 g/mol. The monoisotopic (exact) mass is 279 g/mol. The van der Waals surface area contributed by atoms with Crippen LogP contribution in [0.15, 0.2) is 30.3 Å². The molecule has 4 heteroatoms. The number of halogens is 1.